The Morgan fingerprint density at radius 2 is 1.96 bits per heavy atom. The quantitative estimate of drug-likeness (QED) is 0.565. The highest BCUT2D eigenvalue weighted by Crippen LogP contribution is 2.28. The van der Waals surface area contributed by atoms with Gasteiger partial charge in [-0.15, -0.1) is 0 Å². The number of hydrogen-bond donors (Lipinski definition) is 1. The third-order valence-electron chi connectivity index (χ3n) is 4.74. The standard InChI is InChI=1S/C23H25NO4/c1-16-12-13-20(27-2)19(14-16)24-23(26)22(18-10-4-3-5-11-18)28-21(25)15-17-8-6-7-9-17/h3-6,8,10-14,17,22H,7,9,15H2,1-2H3,(H,24,26)/t17-,22-/m0/s1. The minimum absolute atomic E-state index is 0.184. The van der Waals surface area contributed by atoms with Gasteiger partial charge in [0.2, 0.25) is 6.10 Å². The first kappa shape index (κ1) is 19.7. The lowest BCUT2D eigenvalue weighted by Crippen LogP contribution is -2.26. The van der Waals surface area contributed by atoms with Crippen LogP contribution >= 0.6 is 0 Å². The number of aryl methyl sites for hydroxylation is 1. The fourth-order valence-electron chi connectivity index (χ4n) is 3.28. The molecular formula is C23H25NO4. The number of hydrogen-bond acceptors (Lipinski definition) is 4. The first-order valence-corrected chi connectivity index (χ1v) is 9.43. The first-order valence-electron chi connectivity index (χ1n) is 9.43. The van der Waals surface area contributed by atoms with Crippen LogP contribution < -0.4 is 10.1 Å². The van der Waals surface area contributed by atoms with Crippen LogP contribution in [0.3, 0.4) is 0 Å². The number of nitrogens with one attached hydrogen (secondary N) is 1. The minimum Gasteiger partial charge on any atom is -0.495 e. The fraction of sp³-hybridized carbons (Fsp3) is 0.304. The zero-order valence-electron chi connectivity index (χ0n) is 16.2. The van der Waals surface area contributed by atoms with Gasteiger partial charge in [-0.3, -0.25) is 9.59 Å². The maximum atomic E-state index is 13.0. The topological polar surface area (TPSA) is 64.6 Å². The molecule has 0 saturated heterocycles. The Kier molecular flexibility index (Phi) is 6.48. The molecule has 0 fully saturated rings. The zero-order chi connectivity index (χ0) is 19.9. The van der Waals surface area contributed by atoms with Crippen LogP contribution in [0.4, 0.5) is 5.69 Å². The highest BCUT2D eigenvalue weighted by molar-refractivity contribution is 5.97. The molecule has 0 aromatic heterocycles. The zero-order valence-corrected chi connectivity index (χ0v) is 16.2. The van der Waals surface area contributed by atoms with E-state index in [1.807, 2.05) is 43.3 Å². The average molecular weight is 379 g/mol. The summed E-state index contributed by atoms with van der Waals surface area (Å²) in [5, 5.41) is 2.84. The smallest absolute Gasteiger partial charge is 0.307 e. The molecule has 2 aromatic rings. The maximum absolute atomic E-state index is 13.0. The molecule has 28 heavy (non-hydrogen) atoms. The van der Waals surface area contributed by atoms with Crippen molar-refractivity contribution in [1.29, 1.82) is 0 Å². The van der Waals surface area contributed by atoms with E-state index in [-0.39, 0.29) is 18.3 Å². The Hall–Kier alpha value is -3.08. The molecule has 0 aliphatic heterocycles. The van der Waals surface area contributed by atoms with Gasteiger partial charge >= 0.3 is 5.97 Å². The summed E-state index contributed by atoms with van der Waals surface area (Å²) in [5.41, 5.74) is 2.16. The molecule has 0 radical (unpaired) electrons. The highest BCUT2D eigenvalue weighted by Gasteiger charge is 2.27. The Balaban J connectivity index is 1.78. The van der Waals surface area contributed by atoms with E-state index in [1.165, 1.54) is 0 Å². The number of amides is 1. The monoisotopic (exact) mass is 379 g/mol. The predicted molar refractivity (Wildman–Crippen MR) is 108 cm³/mol. The number of rotatable bonds is 7. The molecule has 5 heteroatoms. The predicted octanol–water partition coefficient (Wildman–Crippen LogP) is 4.58. The third kappa shape index (κ3) is 5.00. The van der Waals surface area contributed by atoms with Crippen LogP contribution in [-0.2, 0) is 14.3 Å². The number of benzene rings is 2. The van der Waals surface area contributed by atoms with Crippen molar-refractivity contribution in [3.05, 3.63) is 71.8 Å². The molecule has 5 nitrogen and oxygen atoms in total. The molecule has 1 N–H and O–H groups in total. The fourth-order valence-corrected chi connectivity index (χ4v) is 3.28. The Morgan fingerprint density at radius 3 is 2.64 bits per heavy atom. The summed E-state index contributed by atoms with van der Waals surface area (Å²) < 4.78 is 10.9. The van der Waals surface area contributed by atoms with Crippen LogP contribution in [0.25, 0.3) is 0 Å². The lowest BCUT2D eigenvalue weighted by atomic mass is 10.1. The number of anilines is 1. The lowest BCUT2D eigenvalue weighted by Gasteiger charge is -2.20. The van der Waals surface area contributed by atoms with Gasteiger partial charge in [0.1, 0.15) is 5.75 Å². The average Bonchev–Trinajstić information content (AvgIpc) is 3.20. The van der Waals surface area contributed by atoms with E-state index in [9.17, 15) is 9.59 Å². The van der Waals surface area contributed by atoms with Gasteiger partial charge in [-0.1, -0.05) is 48.6 Å². The number of carbonyl (C=O) groups excluding carboxylic acids is 2. The van der Waals surface area contributed by atoms with Crippen LogP contribution in [0.1, 0.15) is 36.5 Å². The number of methoxy groups -OCH3 is 1. The molecule has 0 bridgehead atoms. The van der Waals surface area contributed by atoms with Crippen molar-refractivity contribution in [1.82, 2.24) is 0 Å². The normalized spacial score (nSPS) is 16.4. The highest BCUT2D eigenvalue weighted by atomic mass is 16.5. The van der Waals surface area contributed by atoms with Crippen LogP contribution in [0.2, 0.25) is 0 Å². The van der Waals surface area contributed by atoms with Crippen molar-refractivity contribution < 1.29 is 19.1 Å². The molecule has 0 heterocycles. The second-order valence-electron chi connectivity index (χ2n) is 6.94. The van der Waals surface area contributed by atoms with Gasteiger partial charge in [0.05, 0.1) is 19.2 Å². The molecular weight excluding hydrogens is 354 g/mol. The maximum Gasteiger partial charge on any atom is 0.307 e. The Morgan fingerprint density at radius 1 is 1.18 bits per heavy atom. The van der Waals surface area contributed by atoms with Crippen molar-refractivity contribution >= 4 is 17.6 Å². The summed E-state index contributed by atoms with van der Waals surface area (Å²) in [4.78, 5) is 25.5. The molecule has 1 amide bonds. The van der Waals surface area contributed by atoms with E-state index in [2.05, 4.69) is 11.4 Å². The molecule has 0 spiro atoms. The van der Waals surface area contributed by atoms with E-state index in [0.717, 1.165) is 18.4 Å². The molecule has 146 valence electrons. The summed E-state index contributed by atoms with van der Waals surface area (Å²) in [6.07, 6.45) is 5.29. The summed E-state index contributed by atoms with van der Waals surface area (Å²) >= 11 is 0. The van der Waals surface area contributed by atoms with Gasteiger partial charge in [-0.2, -0.15) is 0 Å². The van der Waals surface area contributed by atoms with Gasteiger partial charge in [0.25, 0.3) is 5.91 Å². The van der Waals surface area contributed by atoms with Gasteiger partial charge in [-0.05, 0) is 43.4 Å². The summed E-state index contributed by atoms with van der Waals surface area (Å²) in [6, 6.07) is 14.6. The van der Waals surface area contributed by atoms with Crippen molar-refractivity contribution in [3.8, 4) is 5.75 Å². The van der Waals surface area contributed by atoms with E-state index >= 15 is 0 Å². The van der Waals surface area contributed by atoms with Gasteiger partial charge in [0, 0.05) is 5.56 Å². The largest absolute Gasteiger partial charge is 0.495 e. The summed E-state index contributed by atoms with van der Waals surface area (Å²) in [6.45, 7) is 1.93. The molecule has 2 aromatic carbocycles. The van der Waals surface area contributed by atoms with E-state index < -0.39 is 12.0 Å². The second kappa shape index (κ2) is 9.22. The Labute approximate surface area is 165 Å². The third-order valence-corrected chi connectivity index (χ3v) is 4.74. The van der Waals surface area contributed by atoms with E-state index in [1.54, 1.807) is 25.3 Å². The SMILES string of the molecule is COc1ccc(C)cc1NC(=O)[C@@H](OC(=O)C[C@H]1C=CCC1)c1ccccc1. The summed E-state index contributed by atoms with van der Waals surface area (Å²) in [5.74, 6) is -0.0563. The number of allylic oxidation sites excluding steroid dienone is 2. The van der Waals surface area contributed by atoms with Crippen molar-refractivity contribution in [2.24, 2.45) is 5.92 Å². The van der Waals surface area contributed by atoms with E-state index in [4.69, 9.17) is 9.47 Å². The first-order chi connectivity index (χ1) is 13.6. The van der Waals surface area contributed by atoms with Crippen LogP contribution in [0, 0.1) is 12.8 Å². The van der Waals surface area contributed by atoms with Crippen LogP contribution in [-0.4, -0.2) is 19.0 Å². The van der Waals surface area contributed by atoms with E-state index in [0.29, 0.717) is 17.0 Å². The molecule has 0 unspecified atom stereocenters. The lowest BCUT2D eigenvalue weighted by molar-refractivity contribution is -0.155. The molecule has 2 atom stereocenters. The van der Waals surface area contributed by atoms with Crippen LogP contribution in [0.15, 0.2) is 60.7 Å². The van der Waals surface area contributed by atoms with Gasteiger partial charge in [-0.25, -0.2) is 0 Å². The molecule has 3 rings (SSSR count). The molecule has 1 aliphatic rings. The number of esters is 1. The van der Waals surface area contributed by atoms with Crippen molar-refractivity contribution in [2.75, 3.05) is 12.4 Å². The van der Waals surface area contributed by atoms with Crippen LogP contribution in [0.5, 0.6) is 5.75 Å². The van der Waals surface area contributed by atoms with Crippen molar-refractivity contribution in [2.45, 2.75) is 32.3 Å². The summed E-state index contributed by atoms with van der Waals surface area (Å²) in [7, 11) is 1.55. The second-order valence-corrected chi connectivity index (χ2v) is 6.94. The van der Waals surface area contributed by atoms with Crippen molar-refractivity contribution in [3.63, 3.8) is 0 Å². The minimum atomic E-state index is -1.02. The van der Waals surface area contributed by atoms with Gasteiger partial charge in [0.15, 0.2) is 0 Å². The number of carbonyl (C=O) groups is 2. The van der Waals surface area contributed by atoms with Gasteiger partial charge < -0.3 is 14.8 Å². The molecule has 0 saturated carbocycles. The molecule has 1 aliphatic carbocycles. The Bertz CT molecular complexity index is 860. The number of ether oxygens (including phenoxy) is 2.